The number of hydrogen-bond acceptors (Lipinski definition) is 4. The molecule has 106 valence electrons. The summed E-state index contributed by atoms with van der Waals surface area (Å²) < 4.78 is 10.1. The van der Waals surface area contributed by atoms with Gasteiger partial charge in [0.1, 0.15) is 5.76 Å². The highest BCUT2D eigenvalue weighted by atomic mass is 16.5. The quantitative estimate of drug-likeness (QED) is 0.850. The maximum Gasteiger partial charge on any atom is 0.373 e. The Balaban J connectivity index is 1.98. The Kier molecular flexibility index (Phi) is 4.58. The van der Waals surface area contributed by atoms with Crippen molar-refractivity contribution in [2.24, 2.45) is 0 Å². The predicted octanol–water partition coefficient (Wildman–Crippen LogP) is 3.23. The summed E-state index contributed by atoms with van der Waals surface area (Å²) in [5, 5.41) is 3.38. The van der Waals surface area contributed by atoms with Crippen LogP contribution in [0.15, 0.2) is 40.8 Å². The minimum absolute atomic E-state index is 0.0213. The molecule has 1 N–H and O–H groups in total. The van der Waals surface area contributed by atoms with E-state index in [1.807, 2.05) is 19.1 Å². The number of carbonyl (C=O) groups excluding carboxylic acids is 1. The van der Waals surface area contributed by atoms with Crippen molar-refractivity contribution in [2.75, 3.05) is 7.11 Å². The Morgan fingerprint density at radius 2 is 2.05 bits per heavy atom. The average Bonchev–Trinajstić information content (AvgIpc) is 2.95. The number of aryl methyl sites for hydroxylation is 1. The summed E-state index contributed by atoms with van der Waals surface area (Å²) in [4.78, 5) is 11.3. The lowest BCUT2D eigenvalue weighted by Gasteiger charge is -2.12. The van der Waals surface area contributed by atoms with E-state index in [4.69, 9.17) is 4.42 Å². The van der Waals surface area contributed by atoms with Gasteiger partial charge in [-0.25, -0.2) is 4.79 Å². The minimum Gasteiger partial charge on any atom is -0.463 e. The third-order valence-corrected chi connectivity index (χ3v) is 3.30. The van der Waals surface area contributed by atoms with Crippen LogP contribution >= 0.6 is 0 Å². The van der Waals surface area contributed by atoms with Crippen LogP contribution in [0, 0.1) is 6.92 Å². The topological polar surface area (TPSA) is 51.5 Å². The van der Waals surface area contributed by atoms with Crippen molar-refractivity contribution in [3.05, 3.63) is 59.0 Å². The first-order chi connectivity index (χ1) is 9.61. The summed E-state index contributed by atoms with van der Waals surface area (Å²) in [6.45, 7) is 4.84. The lowest BCUT2D eigenvalue weighted by molar-refractivity contribution is 0.0562. The van der Waals surface area contributed by atoms with E-state index in [1.54, 1.807) is 12.1 Å². The summed E-state index contributed by atoms with van der Waals surface area (Å²) in [7, 11) is 1.34. The Labute approximate surface area is 118 Å². The smallest absolute Gasteiger partial charge is 0.373 e. The van der Waals surface area contributed by atoms with Crippen LogP contribution in [0.5, 0.6) is 0 Å². The largest absolute Gasteiger partial charge is 0.463 e. The van der Waals surface area contributed by atoms with E-state index in [-0.39, 0.29) is 11.8 Å². The normalized spacial score (nSPS) is 12.2. The average molecular weight is 273 g/mol. The van der Waals surface area contributed by atoms with Crippen molar-refractivity contribution in [2.45, 2.75) is 26.4 Å². The summed E-state index contributed by atoms with van der Waals surface area (Å²) in [6.07, 6.45) is 0. The number of methoxy groups -OCH3 is 1. The Bertz CT molecular complexity index is 589. The summed E-state index contributed by atoms with van der Waals surface area (Å²) >= 11 is 0. The van der Waals surface area contributed by atoms with Crippen molar-refractivity contribution < 1.29 is 13.9 Å². The van der Waals surface area contributed by atoms with Gasteiger partial charge in [-0.2, -0.15) is 0 Å². The van der Waals surface area contributed by atoms with Gasteiger partial charge in [-0.15, -0.1) is 0 Å². The second-order valence-electron chi connectivity index (χ2n) is 4.72. The summed E-state index contributed by atoms with van der Waals surface area (Å²) in [6, 6.07) is 11.7. The van der Waals surface area contributed by atoms with E-state index in [9.17, 15) is 4.79 Å². The van der Waals surface area contributed by atoms with Gasteiger partial charge in [0.2, 0.25) is 5.76 Å². The van der Waals surface area contributed by atoms with Crippen LogP contribution in [0.2, 0.25) is 0 Å². The monoisotopic (exact) mass is 273 g/mol. The highest BCUT2D eigenvalue weighted by Gasteiger charge is 2.15. The SMILES string of the molecule is COC(=O)c1ccc(C(C)NCc2ccccc2C)o1. The molecule has 1 atom stereocenters. The molecule has 0 aliphatic rings. The van der Waals surface area contributed by atoms with E-state index < -0.39 is 5.97 Å². The van der Waals surface area contributed by atoms with Gasteiger partial charge in [0.25, 0.3) is 0 Å². The zero-order chi connectivity index (χ0) is 14.5. The van der Waals surface area contributed by atoms with E-state index in [2.05, 4.69) is 29.1 Å². The maximum absolute atomic E-state index is 11.3. The molecule has 2 rings (SSSR count). The highest BCUT2D eigenvalue weighted by Crippen LogP contribution is 2.18. The number of esters is 1. The van der Waals surface area contributed by atoms with E-state index in [1.165, 1.54) is 18.2 Å². The fourth-order valence-corrected chi connectivity index (χ4v) is 1.97. The number of carbonyl (C=O) groups is 1. The van der Waals surface area contributed by atoms with Gasteiger partial charge in [0.15, 0.2) is 0 Å². The number of hydrogen-bond donors (Lipinski definition) is 1. The Morgan fingerprint density at radius 3 is 2.75 bits per heavy atom. The molecule has 1 unspecified atom stereocenters. The van der Waals surface area contributed by atoms with E-state index in [0.717, 1.165) is 12.3 Å². The van der Waals surface area contributed by atoms with Gasteiger partial charge in [0, 0.05) is 6.54 Å². The zero-order valence-corrected chi connectivity index (χ0v) is 12.0. The lowest BCUT2D eigenvalue weighted by Crippen LogP contribution is -2.18. The standard InChI is InChI=1S/C16H19NO3/c1-11-6-4-5-7-13(11)10-17-12(2)14-8-9-15(20-14)16(18)19-3/h4-9,12,17H,10H2,1-3H3. The molecule has 0 bridgehead atoms. The van der Waals surface area contributed by atoms with E-state index in [0.29, 0.717) is 0 Å². The summed E-state index contributed by atoms with van der Waals surface area (Å²) in [5.41, 5.74) is 2.50. The maximum atomic E-state index is 11.3. The van der Waals surface area contributed by atoms with Gasteiger partial charge in [-0.1, -0.05) is 24.3 Å². The second-order valence-corrected chi connectivity index (χ2v) is 4.72. The van der Waals surface area contributed by atoms with Crippen molar-refractivity contribution in [1.29, 1.82) is 0 Å². The molecule has 1 aromatic heterocycles. The van der Waals surface area contributed by atoms with Gasteiger partial charge >= 0.3 is 5.97 Å². The summed E-state index contributed by atoms with van der Waals surface area (Å²) in [5.74, 6) is 0.494. The molecule has 1 aromatic carbocycles. The van der Waals surface area contributed by atoms with Crippen LogP contribution in [0.1, 0.15) is 40.4 Å². The van der Waals surface area contributed by atoms with Crippen LogP contribution in [0.25, 0.3) is 0 Å². The Morgan fingerprint density at radius 1 is 1.30 bits per heavy atom. The molecular formula is C16H19NO3. The van der Waals surface area contributed by atoms with Crippen molar-refractivity contribution in [3.63, 3.8) is 0 Å². The van der Waals surface area contributed by atoms with Crippen molar-refractivity contribution in [1.82, 2.24) is 5.32 Å². The van der Waals surface area contributed by atoms with Gasteiger partial charge in [0.05, 0.1) is 13.2 Å². The fraction of sp³-hybridized carbons (Fsp3) is 0.312. The van der Waals surface area contributed by atoms with Crippen LogP contribution in [-0.4, -0.2) is 13.1 Å². The number of rotatable bonds is 5. The second kappa shape index (κ2) is 6.39. The molecule has 0 amide bonds. The third kappa shape index (κ3) is 3.27. The molecule has 0 aliphatic carbocycles. The third-order valence-electron chi connectivity index (χ3n) is 3.30. The molecule has 0 saturated carbocycles. The predicted molar refractivity (Wildman–Crippen MR) is 76.5 cm³/mol. The molecule has 2 aromatic rings. The number of benzene rings is 1. The first kappa shape index (κ1) is 14.3. The van der Waals surface area contributed by atoms with Crippen LogP contribution in [0.3, 0.4) is 0 Å². The molecular weight excluding hydrogens is 254 g/mol. The molecule has 4 heteroatoms. The zero-order valence-electron chi connectivity index (χ0n) is 12.0. The van der Waals surface area contributed by atoms with Crippen LogP contribution in [0.4, 0.5) is 0 Å². The molecule has 0 fully saturated rings. The highest BCUT2D eigenvalue weighted by molar-refractivity contribution is 5.86. The first-order valence-electron chi connectivity index (χ1n) is 6.57. The lowest BCUT2D eigenvalue weighted by atomic mass is 10.1. The minimum atomic E-state index is -0.456. The molecule has 20 heavy (non-hydrogen) atoms. The van der Waals surface area contributed by atoms with Gasteiger partial charge in [-0.3, -0.25) is 0 Å². The fourth-order valence-electron chi connectivity index (χ4n) is 1.97. The Hall–Kier alpha value is -2.07. The van der Waals surface area contributed by atoms with E-state index >= 15 is 0 Å². The van der Waals surface area contributed by atoms with Gasteiger partial charge < -0.3 is 14.5 Å². The van der Waals surface area contributed by atoms with Crippen LogP contribution in [-0.2, 0) is 11.3 Å². The number of furan rings is 1. The van der Waals surface area contributed by atoms with Crippen LogP contribution < -0.4 is 5.32 Å². The molecule has 0 spiro atoms. The molecule has 0 saturated heterocycles. The molecule has 0 radical (unpaired) electrons. The van der Waals surface area contributed by atoms with Crippen molar-refractivity contribution >= 4 is 5.97 Å². The molecule has 4 nitrogen and oxygen atoms in total. The van der Waals surface area contributed by atoms with Gasteiger partial charge in [-0.05, 0) is 37.1 Å². The van der Waals surface area contributed by atoms with Crippen molar-refractivity contribution in [3.8, 4) is 0 Å². The molecule has 1 heterocycles. The molecule has 0 aliphatic heterocycles. The first-order valence-corrected chi connectivity index (χ1v) is 6.57. The number of nitrogens with one attached hydrogen (secondary N) is 1. The number of ether oxygens (including phenoxy) is 1.